The summed E-state index contributed by atoms with van der Waals surface area (Å²) in [5.41, 5.74) is 7.89. The van der Waals surface area contributed by atoms with E-state index in [-0.39, 0.29) is 0 Å². The van der Waals surface area contributed by atoms with Crippen molar-refractivity contribution in [1.82, 2.24) is 0 Å². The van der Waals surface area contributed by atoms with E-state index in [1.807, 2.05) is 6.08 Å². The standard InChI is InChI=1S/C7H9Br2N/c1-4-6(8)2-5(10)3-7(4)9/h2,7H,3,10H2,1H3. The van der Waals surface area contributed by atoms with Crippen LogP contribution in [-0.4, -0.2) is 4.83 Å². The summed E-state index contributed by atoms with van der Waals surface area (Å²) in [6.07, 6.45) is 2.88. The van der Waals surface area contributed by atoms with Gasteiger partial charge in [0.25, 0.3) is 0 Å². The van der Waals surface area contributed by atoms with Gasteiger partial charge in [0.15, 0.2) is 0 Å². The Labute approximate surface area is 77.6 Å². The van der Waals surface area contributed by atoms with Gasteiger partial charge in [0.1, 0.15) is 0 Å². The maximum Gasteiger partial charge on any atom is 0.0420 e. The fourth-order valence-corrected chi connectivity index (χ4v) is 2.34. The Bertz CT molecular complexity index is 206. The van der Waals surface area contributed by atoms with Crippen molar-refractivity contribution in [2.75, 3.05) is 0 Å². The van der Waals surface area contributed by atoms with Crippen molar-refractivity contribution in [3.63, 3.8) is 0 Å². The van der Waals surface area contributed by atoms with Gasteiger partial charge in [0, 0.05) is 21.4 Å². The summed E-state index contributed by atoms with van der Waals surface area (Å²) >= 11 is 6.95. The largest absolute Gasteiger partial charge is 0.402 e. The number of hydrogen-bond acceptors (Lipinski definition) is 1. The smallest absolute Gasteiger partial charge is 0.0420 e. The zero-order valence-electron chi connectivity index (χ0n) is 5.70. The first-order valence-electron chi connectivity index (χ1n) is 3.07. The molecule has 0 saturated heterocycles. The van der Waals surface area contributed by atoms with Crippen LogP contribution < -0.4 is 5.73 Å². The third-order valence-corrected chi connectivity index (χ3v) is 3.44. The van der Waals surface area contributed by atoms with Crippen molar-refractivity contribution in [2.45, 2.75) is 18.2 Å². The molecular formula is C7H9Br2N. The average molecular weight is 267 g/mol. The second-order valence-electron chi connectivity index (χ2n) is 2.42. The molecule has 1 aliphatic rings. The van der Waals surface area contributed by atoms with Gasteiger partial charge in [-0.2, -0.15) is 0 Å². The Kier molecular flexibility index (Phi) is 2.58. The molecule has 0 aromatic carbocycles. The van der Waals surface area contributed by atoms with E-state index < -0.39 is 0 Å². The maximum absolute atomic E-state index is 5.64. The second kappa shape index (κ2) is 3.09. The minimum Gasteiger partial charge on any atom is -0.402 e. The Balaban J connectivity index is 2.92. The van der Waals surface area contributed by atoms with Gasteiger partial charge >= 0.3 is 0 Å². The topological polar surface area (TPSA) is 26.0 Å². The molecule has 0 radical (unpaired) electrons. The molecule has 0 bridgehead atoms. The van der Waals surface area contributed by atoms with Gasteiger partial charge < -0.3 is 5.73 Å². The SMILES string of the molecule is CC1=C(Br)C=C(N)CC1Br. The molecule has 3 heteroatoms. The number of alkyl halides is 1. The Morgan fingerprint density at radius 2 is 2.30 bits per heavy atom. The van der Waals surface area contributed by atoms with Crippen LogP contribution in [0.3, 0.4) is 0 Å². The molecule has 2 N–H and O–H groups in total. The molecule has 0 aromatic heterocycles. The predicted molar refractivity (Wildman–Crippen MR) is 51.2 cm³/mol. The molecule has 1 aliphatic carbocycles. The monoisotopic (exact) mass is 265 g/mol. The minimum atomic E-state index is 0.409. The zero-order chi connectivity index (χ0) is 7.72. The zero-order valence-corrected chi connectivity index (χ0v) is 8.87. The molecular weight excluding hydrogens is 258 g/mol. The number of allylic oxidation sites excluding steroid dienone is 4. The highest BCUT2D eigenvalue weighted by atomic mass is 79.9. The molecule has 0 aromatic rings. The summed E-state index contributed by atoms with van der Waals surface area (Å²) in [7, 11) is 0. The Morgan fingerprint density at radius 3 is 2.80 bits per heavy atom. The van der Waals surface area contributed by atoms with E-state index in [9.17, 15) is 0 Å². The molecule has 1 rings (SSSR count). The highest BCUT2D eigenvalue weighted by Crippen LogP contribution is 2.30. The van der Waals surface area contributed by atoms with Crippen LogP contribution in [0.25, 0.3) is 0 Å². The summed E-state index contributed by atoms with van der Waals surface area (Å²) < 4.78 is 1.11. The highest BCUT2D eigenvalue weighted by Gasteiger charge is 2.14. The molecule has 0 heterocycles. The van der Waals surface area contributed by atoms with E-state index >= 15 is 0 Å². The number of halogens is 2. The normalized spacial score (nSPS) is 26.7. The van der Waals surface area contributed by atoms with Gasteiger partial charge in [-0.3, -0.25) is 0 Å². The van der Waals surface area contributed by atoms with Gasteiger partial charge in [-0.1, -0.05) is 31.9 Å². The summed E-state index contributed by atoms with van der Waals surface area (Å²) in [5, 5.41) is 0. The van der Waals surface area contributed by atoms with Crippen LogP contribution in [0.1, 0.15) is 13.3 Å². The lowest BCUT2D eigenvalue weighted by atomic mass is 10.0. The van der Waals surface area contributed by atoms with E-state index in [4.69, 9.17) is 5.73 Å². The Morgan fingerprint density at radius 1 is 1.70 bits per heavy atom. The van der Waals surface area contributed by atoms with E-state index in [0.29, 0.717) is 4.83 Å². The van der Waals surface area contributed by atoms with Crippen molar-refractivity contribution in [3.05, 3.63) is 21.8 Å². The van der Waals surface area contributed by atoms with Crippen molar-refractivity contribution in [1.29, 1.82) is 0 Å². The van der Waals surface area contributed by atoms with Gasteiger partial charge in [0.2, 0.25) is 0 Å². The van der Waals surface area contributed by atoms with E-state index in [1.165, 1.54) is 5.57 Å². The third kappa shape index (κ3) is 1.64. The van der Waals surface area contributed by atoms with Gasteiger partial charge in [0.05, 0.1) is 0 Å². The number of hydrogen-bond donors (Lipinski definition) is 1. The summed E-state index contributed by atoms with van der Waals surface area (Å²) in [6, 6.07) is 0. The van der Waals surface area contributed by atoms with E-state index in [0.717, 1.165) is 16.6 Å². The van der Waals surface area contributed by atoms with Crippen molar-refractivity contribution in [2.24, 2.45) is 5.73 Å². The van der Waals surface area contributed by atoms with Gasteiger partial charge in [-0.25, -0.2) is 0 Å². The van der Waals surface area contributed by atoms with Gasteiger partial charge in [-0.05, 0) is 18.6 Å². The van der Waals surface area contributed by atoms with Crippen LogP contribution in [0.2, 0.25) is 0 Å². The molecule has 56 valence electrons. The molecule has 0 fully saturated rings. The predicted octanol–water partition coefficient (Wildman–Crippen LogP) is 2.67. The lowest BCUT2D eigenvalue weighted by molar-refractivity contribution is 0.920. The lowest BCUT2D eigenvalue weighted by Crippen LogP contribution is -2.12. The van der Waals surface area contributed by atoms with Crippen LogP contribution in [0, 0.1) is 0 Å². The minimum absolute atomic E-state index is 0.409. The maximum atomic E-state index is 5.64. The fraction of sp³-hybridized carbons (Fsp3) is 0.429. The lowest BCUT2D eigenvalue weighted by Gasteiger charge is -2.17. The molecule has 1 unspecified atom stereocenters. The van der Waals surface area contributed by atoms with E-state index in [2.05, 4.69) is 38.8 Å². The molecule has 0 aliphatic heterocycles. The summed E-state index contributed by atoms with van der Waals surface area (Å²) in [5.74, 6) is 0. The van der Waals surface area contributed by atoms with Gasteiger partial charge in [-0.15, -0.1) is 0 Å². The summed E-state index contributed by atoms with van der Waals surface area (Å²) in [4.78, 5) is 0.409. The molecule has 0 spiro atoms. The van der Waals surface area contributed by atoms with Crippen LogP contribution in [-0.2, 0) is 0 Å². The highest BCUT2D eigenvalue weighted by molar-refractivity contribution is 9.12. The Hall–Kier alpha value is 0.240. The molecule has 0 amide bonds. The van der Waals surface area contributed by atoms with Crippen LogP contribution >= 0.6 is 31.9 Å². The molecule has 1 atom stereocenters. The molecule has 0 saturated carbocycles. The van der Waals surface area contributed by atoms with Crippen LogP contribution in [0.5, 0.6) is 0 Å². The fourth-order valence-electron chi connectivity index (χ4n) is 0.845. The third-order valence-electron chi connectivity index (χ3n) is 1.57. The van der Waals surface area contributed by atoms with Crippen molar-refractivity contribution in [3.8, 4) is 0 Å². The number of rotatable bonds is 0. The van der Waals surface area contributed by atoms with Crippen molar-refractivity contribution < 1.29 is 0 Å². The second-order valence-corrected chi connectivity index (χ2v) is 4.38. The quantitative estimate of drug-likeness (QED) is 0.671. The first kappa shape index (κ1) is 8.34. The van der Waals surface area contributed by atoms with Crippen LogP contribution in [0.15, 0.2) is 21.8 Å². The number of nitrogens with two attached hydrogens (primary N) is 1. The van der Waals surface area contributed by atoms with Crippen LogP contribution in [0.4, 0.5) is 0 Å². The first-order valence-corrected chi connectivity index (χ1v) is 4.78. The van der Waals surface area contributed by atoms with Crippen molar-refractivity contribution >= 4 is 31.9 Å². The van der Waals surface area contributed by atoms with E-state index in [1.54, 1.807) is 0 Å². The summed E-state index contributed by atoms with van der Waals surface area (Å²) in [6.45, 7) is 2.09. The molecule has 10 heavy (non-hydrogen) atoms. The molecule has 1 nitrogen and oxygen atoms in total. The first-order chi connectivity index (χ1) is 4.61. The average Bonchev–Trinajstić information content (AvgIpc) is 1.82.